The molecule has 2 amide bonds. The molecule has 0 aliphatic heterocycles. The number of nitrogens with zero attached hydrogens (tertiary/aromatic N) is 2. The number of nitrogens with one attached hydrogen (secondary N) is 2. The lowest BCUT2D eigenvalue weighted by molar-refractivity contribution is 0.240. The molecule has 0 atom stereocenters. The van der Waals surface area contributed by atoms with Crippen molar-refractivity contribution in [1.82, 2.24) is 0 Å². The first kappa shape index (κ1) is 22.7. The molecule has 2 aromatic carbocycles. The molecule has 30 heavy (non-hydrogen) atoms. The van der Waals surface area contributed by atoms with Gasteiger partial charge in [-0.25, -0.2) is 4.79 Å². The third-order valence-corrected chi connectivity index (χ3v) is 4.63. The van der Waals surface area contributed by atoms with Crippen LogP contribution >= 0.6 is 0 Å². The van der Waals surface area contributed by atoms with Crippen molar-refractivity contribution in [3.05, 3.63) is 54.1 Å². The number of ether oxygens (including phenoxy) is 1. The normalized spacial score (nSPS) is 11.1. The maximum atomic E-state index is 12.2. The lowest BCUT2D eigenvalue weighted by atomic mass is 10.1. The van der Waals surface area contributed by atoms with E-state index in [0.29, 0.717) is 29.6 Å². The van der Waals surface area contributed by atoms with Gasteiger partial charge >= 0.3 is 6.03 Å². The van der Waals surface area contributed by atoms with E-state index < -0.39 is 0 Å². The van der Waals surface area contributed by atoms with Crippen molar-refractivity contribution in [2.75, 3.05) is 17.2 Å². The van der Waals surface area contributed by atoms with E-state index in [9.17, 15) is 4.79 Å². The number of benzene rings is 2. The van der Waals surface area contributed by atoms with Crippen LogP contribution in [-0.2, 0) is 0 Å². The number of guanidine groups is 1. The summed E-state index contributed by atoms with van der Waals surface area (Å²) in [5, 5.41) is 13.1. The molecule has 0 aliphatic carbocycles. The summed E-state index contributed by atoms with van der Waals surface area (Å²) in [5.41, 5.74) is 13.4. The zero-order valence-corrected chi connectivity index (χ0v) is 17.7. The highest BCUT2D eigenvalue weighted by Crippen LogP contribution is 2.18. The molecule has 0 unspecified atom stereocenters. The van der Waals surface area contributed by atoms with Gasteiger partial charge in [-0.2, -0.15) is 5.10 Å². The maximum absolute atomic E-state index is 12.2. The zero-order chi connectivity index (χ0) is 21.9. The molecule has 0 spiro atoms. The second-order valence-corrected chi connectivity index (χ2v) is 6.88. The van der Waals surface area contributed by atoms with Crippen molar-refractivity contribution < 1.29 is 9.53 Å². The van der Waals surface area contributed by atoms with Crippen LogP contribution in [0.2, 0.25) is 0 Å². The van der Waals surface area contributed by atoms with Crippen molar-refractivity contribution in [2.45, 2.75) is 33.6 Å². The van der Waals surface area contributed by atoms with E-state index in [-0.39, 0.29) is 12.0 Å². The summed E-state index contributed by atoms with van der Waals surface area (Å²) >= 11 is 0. The van der Waals surface area contributed by atoms with E-state index in [1.807, 2.05) is 36.4 Å². The number of rotatable bonds is 9. The van der Waals surface area contributed by atoms with Gasteiger partial charge in [-0.3, -0.25) is 0 Å². The number of urea groups is 1. The molecule has 8 nitrogen and oxygen atoms in total. The predicted octanol–water partition coefficient (Wildman–Crippen LogP) is 4.14. The molecule has 2 rings (SSSR count). The van der Waals surface area contributed by atoms with Crippen molar-refractivity contribution >= 4 is 29.1 Å². The molecule has 2 aromatic rings. The standard InChI is InChI=1S/C22H30N6O2/c1-4-16(5-2)14-30-20-12-10-19(11-13-20)26-22(29)25-18-8-6-17(7-9-18)15(3)27-28-21(23)24/h6-13,16H,4-5,14H2,1-3H3,(H4,23,24,28)(H2,25,26,29)/b27-15+. The Bertz CT molecular complexity index is 868. The van der Waals surface area contributed by atoms with Gasteiger partial charge in [0.25, 0.3) is 0 Å². The van der Waals surface area contributed by atoms with E-state index in [0.717, 1.165) is 24.2 Å². The van der Waals surface area contributed by atoms with Crippen molar-refractivity contribution in [2.24, 2.45) is 27.6 Å². The van der Waals surface area contributed by atoms with Crippen LogP contribution in [0.25, 0.3) is 0 Å². The molecule has 160 valence electrons. The first-order chi connectivity index (χ1) is 14.4. The van der Waals surface area contributed by atoms with Gasteiger partial charge in [-0.15, -0.1) is 5.10 Å². The van der Waals surface area contributed by atoms with Crippen molar-refractivity contribution in [3.63, 3.8) is 0 Å². The SMILES string of the molecule is CCC(CC)COc1ccc(NC(=O)Nc2ccc(/C(C)=N/N=C(N)N)cc2)cc1. The molecule has 0 bridgehead atoms. The fraction of sp³-hybridized carbons (Fsp3) is 0.318. The molecule has 0 fully saturated rings. The van der Waals surface area contributed by atoms with E-state index in [4.69, 9.17) is 16.2 Å². The third kappa shape index (κ3) is 7.46. The molecule has 6 N–H and O–H groups in total. The minimum absolute atomic E-state index is 0.102. The predicted molar refractivity (Wildman–Crippen MR) is 123 cm³/mol. The number of amides is 2. The fourth-order valence-electron chi connectivity index (χ4n) is 2.65. The molecule has 0 heterocycles. The molecular weight excluding hydrogens is 380 g/mol. The maximum Gasteiger partial charge on any atom is 0.323 e. The average molecular weight is 411 g/mol. The molecule has 0 saturated heterocycles. The largest absolute Gasteiger partial charge is 0.493 e. The third-order valence-electron chi connectivity index (χ3n) is 4.63. The topological polar surface area (TPSA) is 127 Å². The summed E-state index contributed by atoms with van der Waals surface area (Å²) in [5.74, 6) is 1.25. The smallest absolute Gasteiger partial charge is 0.323 e. The Morgan fingerprint density at radius 1 is 0.933 bits per heavy atom. The van der Waals surface area contributed by atoms with Crippen LogP contribution in [0.1, 0.15) is 39.2 Å². The van der Waals surface area contributed by atoms with Gasteiger partial charge in [0, 0.05) is 11.4 Å². The molecule has 0 saturated carbocycles. The van der Waals surface area contributed by atoms with E-state index in [2.05, 4.69) is 34.7 Å². The van der Waals surface area contributed by atoms with Gasteiger partial charge in [-0.05, 0) is 54.8 Å². The van der Waals surface area contributed by atoms with E-state index >= 15 is 0 Å². The van der Waals surface area contributed by atoms with Crippen LogP contribution in [-0.4, -0.2) is 24.3 Å². The summed E-state index contributed by atoms with van der Waals surface area (Å²) in [4.78, 5) is 12.2. The Kier molecular flexibility index (Phi) is 8.68. The van der Waals surface area contributed by atoms with Crippen LogP contribution in [0.3, 0.4) is 0 Å². The second kappa shape index (κ2) is 11.5. The van der Waals surface area contributed by atoms with E-state index in [1.165, 1.54) is 0 Å². The lowest BCUT2D eigenvalue weighted by Crippen LogP contribution is -2.22. The number of carbonyl (C=O) groups excluding carboxylic acids is 1. The van der Waals surface area contributed by atoms with E-state index in [1.54, 1.807) is 19.1 Å². The van der Waals surface area contributed by atoms with Gasteiger partial charge in [0.1, 0.15) is 5.75 Å². The van der Waals surface area contributed by atoms with Crippen LogP contribution in [0.4, 0.5) is 16.2 Å². The number of anilines is 2. The Labute approximate surface area is 177 Å². The number of hydrogen-bond donors (Lipinski definition) is 4. The van der Waals surface area contributed by atoms with Crippen molar-refractivity contribution in [3.8, 4) is 5.75 Å². The lowest BCUT2D eigenvalue weighted by Gasteiger charge is -2.14. The minimum Gasteiger partial charge on any atom is -0.493 e. The van der Waals surface area contributed by atoms with Gasteiger partial charge in [-0.1, -0.05) is 38.8 Å². The van der Waals surface area contributed by atoms with Gasteiger partial charge in [0.15, 0.2) is 0 Å². The number of nitrogens with two attached hydrogens (primary N) is 2. The van der Waals surface area contributed by atoms with Crippen LogP contribution < -0.4 is 26.8 Å². The van der Waals surface area contributed by atoms with Gasteiger partial charge < -0.3 is 26.8 Å². The first-order valence-corrected chi connectivity index (χ1v) is 9.95. The number of carbonyl (C=O) groups is 1. The quantitative estimate of drug-likeness (QED) is 0.281. The summed E-state index contributed by atoms with van der Waals surface area (Å²) in [7, 11) is 0. The fourth-order valence-corrected chi connectivity index (χ4v) is 2.65. The molecule has 0 radical (unpaired) electrons. The summed E-state index contributed by atoms with van der Waals surface area (Å²) in [6, 6.07) is 14.2. The Hall–Kier alpha value is -3.55. The van der Waals surface area contributed by atoms with Crippen LogP contribution in [0.15, 0.2) is 58.7 Å². The highest BCUT2D eigenvalue weighted by Gasteiger charge is 2.06. The second-order valence-electron chi connectivity index (χ2n) is 6.88. The average Bonchev–Trinajstić information content (AvgIpc) is 2.74. The number of hydrogen-bond acceptors (Lipinski definition) is 4. The zero-order valence-electron chi connectivity index (χ0n) is 17.7. The van der Waals surface area contributed by atoms with Gasteiger partial charge in [0.05, 0.1) is 12.3 Å². The Balaban J connectivity index is 1.88. The Morgan fingerprint density at radius 2 is 1.47 bits per heavy atom. The summed E-state index contributed by atoms with van der Waals surface area (Å²) in [6.07, 6.45) is 2.19. The summed E-state index contributed by atoms with van der Waals surface area (Å²) in [6.45, 7) is 6.82. The monoisotopic (exact) mass is 410 g/mol. The molecule has 8 heteroatoms. The highest BCUT2D eigenvalue weighted by molar-refractivity contribution is 6.01. The van der Waals surface area contributed by atoms with Crippen molar-refractivity contribution in [1.29, 1.82) is 0 Å². The molecule has 0 aromatic heterocycles. The molecule has 0 aliphatic rings. The Morgan fingerprint density at radius 3 is 1.97 bits per heavy atom. The highest BCUT2D eigenvalue weighted by atomic mass is 16.5. The van der Waals surface area contributed by atoms with Crippen LogP contribution in [0.5, 0.6) is 5.75 Å². The molecular formula is C22H30N6O2. The van der Waals surface area contributed by atoms with Gasteiger partial charge in [0.2, 0.25) is 5.96 Å². The summed E-state index contributed by atoms with van der Waals surface area (Å²) < 4.78 is 5.81. The van der Waals surface area contributed by atoms with Crippen LogP contribution in [0, 0.1) is 5.92 Å². The first-order valence-electron chi connectivity index (χ1n) is 9.95. The minimum atomic E-state index is -0.334.